The van der Waals surface area contributed by atoms with Gasteiger partial charge in [0.05, 0.1) is 0 Å². The first-order chi connectivity index (χ1) is 14.7. The van der Waals surface area contributed by atoms with Crippen molar-refractivity contribution >= 4 is 23.4 Å². The van der Waals surface area contributed by atoms with Gasteiger partial charge in [-0.25, -0.2) is 9.18 Å². The number of amides is 1. The second-order valence-electron chi connectivity index (χ2n) is 7.16. The van der Waals surface area contributed by atoms with Gasteiger partial charge in [0.1, 0.15) is 17.7 Å². The number of ether oxygens (including phenoxy) is 2. The molecule has 2 aromatic carbocycles. The number of likely N-dealkylation sites (tertiary alicyclic amines) is 1. The summed E-state index contributed by atoms with van der Waals surface area (Å²) in [6.45, 7) is 0.130. The van der Waals surface area contributed by atoms with Crippen LogP contribution < -0.4 is 10.1 Å². The van der Waals surface area contributed by atoms with E-state index in [1.165, 1.54) is 48.5 Å². The summed E-state index contributed by atoms with van der Waals surface area (Å²) in [5.41, 5.74) is 0.265. The maximum Gasteiger partial charge on any atom is 0.426 e. The molecule has 1 fully saturated rings. The van der Waals surface area contributed by atoms with E-state index in [2.05, 4.69) is 10.1 Å². The molecule has 1 unspecified atom stereocenters. The van der Waals surface area contributed by atoms with Crippen molar-refractivity contribution in [1.29, 1.82) is 0 Å². The number of benzene rings is 2. The van der Waals surface area contributed by atoms with Crippen molar-refractivity contribution in [1.82, 2.24) is 4.90 Å². The number of halogens is 5. The van der Waals surface area contributed by atoms with Crippen LogP contribution in [-0.2, 0) is 4.74 Å². The van der Waals surface area contributed by atoms with Crippen molar-refractivity contribution in [2.45, 2.75) is 31.2 Å². The zero-order valence-corrected chi connectivity index (χ0v) is 17.1. The topological polar surface area (TPSA) is 50.8 Å². The van der Waals surface area contributed by atoms with Crippen LogP contribution in [0.25, 0.3) is 0 Å². The van der Waals surface area contributed by atoms with Gasteiger partial charge in [-0.2, -0.15) is 13.2 Å². The first-order valence-electron chi connectivity index (χ1n) is 9.63. The molecule has 1 saturated heterocycles. The average molecular weight is 461 g/mol. The van der Waals surface area contributed by atoms with Crippen molar-refractivity contribution in [3.63, 3.8) is 0 Å². The molecule has 3 rings (SSSR count). The van der Waals surface area contributed by atoms with Crippen LogP contribution in [-0.4, -0.2) is 49.0 Å². The summed E-state index contributed by atoms with van der Waals surface area (Å²) < 4.78 is 63.9. The Morgan fingerprint density at radius 2 is 1.84 bits per heavy atom. The summed E-state index contributed by atoms with van der Waals surface area (Å²) in [7, 11) is 0. The van der Waals surface area contributed by atoms with E-state index < -0.39 is 30.7 Å². The Balaban J connectivity index is 1.57. The number of anilines is 1. The number of carbonyl (C=O) groups is 1. The van der Waals surface area contributed by atoms with E-state index >= 15 is 0 Å². The second-order valence-corrected chi connectivity index (χ2v) is 7.60. The quantitative estimate of drug-likeness (QED) is 0.578. The Morgan fingerprint density at radius 1 is 1.16 bits per heavy atom. The fourth-order valence-corrected chi connectivity index (χ4v) is 3.36. The van der Waals surface area contributed by atoms with E-state index in [1.54, 1.807) is 4.90 Å². The molecular weight excluding hydrogens is 440 g/mol. The molecule has 1 N–H and O–H groups in total. The standard InChI is InChI=1S/C21H21ClF4N2O3/c22-14-3-7-16(8-4-14)27-20(29)31-19(21(24,25)26)13-28-11-1-2-18(12-28)30-17-9-5-15(23)6-10-17/h3-10,18-19H,1-2,11-13H2,(H,27,29)/t18?,19-/m0/s1. The molecule has 0 aromatic heterocycles. The predicted molar refractivity (Wildman–Crippen MR) is 108 cm³/mol. The molecular formula is C21H21ClF4N2O3. The second kappa shape index (κ2) is 10.2. The summed E-state index contributed by atoms with van der Waals surface area (Å²) in [6.07, 6.45) is -7.32. The van der Waals surface area contributed by atoms with Gasteiger partial charge in [0.15, 0.2) is 0 Å². The summed E-state index contributed by atoms with van der Waals surface area (Å²) in [6, 6.07) is 11.3. The van der Waals surface area contributed by atoms with E-state index in [1.807, 2.05) is 0 Å². The lowest BCUT2D eigenvalue weighted by molar-refractivity contribution is -0.207. The normalized spacial score (nSPS) is 18.3. The van der Waals surface area contributed by atoms with Crippen LogP contribution in [0.3, 0.4) is 0 Å². The molecule has 1 aliphatic heterocycles. The largest absolute Gasteiger partial charge is 0.489 e. The molecule has 1 aliphatic rings. The van der Waals surface area contributed by atoms with Crippen LogP contribution >= 0.6 is 11.6 Å². The third-order valence-electron chi connectivity index (χ3n) is 4.71. The van der Waals surface area contributed by atoms with Crippen molar-refractivity contribution in [3.8, 4) is 5.75 Å². The number of piperidine rings is 1. The van der Waals surface area contributed by atoms with E-state index in [-0.39, 0.29) is 18.3 Å². The van der Waals surface area contributed by atoms with Gasteiger partial charge in [-0.05, 0) is 67.9 Å². The Morgan fingerprint density at radius 3 is 2.48 bits per heavy atom. The van der Waals surface area contributed by atoms with Gasteiger partial charge in [-0.1, -0.05) is 11.6 Å². The summed E-state index contributed by atoms with van der Waals surface area (Å²) >= 11 is 5.75. The van der Waals surface area contributed by atoms with E-state index in [4.69, 9.17) is 16.3 Å². The third-order valence-corrected chi connectivity index (χ3v) is 4.96. The molecule has 0 bridgehead atoms. The van der Waals surface area contributed by atoms with E-state index in [0.29, 0.717) is 30.2 Å². The van der Waals surface area contributed by atoms with Gasteiger partial charge < -0.3 is 9.47 Å². The van der Waals surface area contributed by atoms with E-state index in [9.17, 15) is 22.4 Å². The van der Waals surface area contributed by atoms with E-state index in [0.717, 1.165) is 0 Å². The minimum Gasteiger partial charge on any atom is -0.489 e. The molecule has 0 saturated carbocycles. The highest BCUT2D eigenvalue weighted by Crippen LogP contribution is 2.26. The zero-order chi connectivity index (χ0) is 22.4. The molecule has 0 spiro atoms. The number of hydrogen-bond donors (Lipinski definition) is 1. The van der Waals surface area contributed by atoms with Crippen molar-refractivity contribution in [3.05, 3.63) is 59.4 Å². The Bertz CT molecular complexity index is 862. The maximum atomic E-state index is 13.5. The summed E-state index contributed by atoms with van der Waals surface area (Å²) in [5, 5.41) is 2.69. The van der Waals surface area contributed by atoms with Crippen LogP contribution in [0.2, 0.25) is 5.02 Å². The zero-order valence-electron chi connectivity index (χ0n) is 16.4. The molecule has 1 heterocycles. The fourth-order valence-electron chi connectivity index (χ4n) is 3.23. The monoisotopic (exact) mass is 460 g/mol. The van der Waals surface area contributed by atoms with Crippen LogP contribution in [0.15, 0.2) is 48.5 Å². The number of rotatable bonds is 6. The number of hydrogen-bond acceptors (Lipinski definition) is 4. The average Bonchev–Trinajstić information content (AvgIpc) is 2.71. The minimum atomic E-state index is -4.73. The highest BCUT2D eigenvalue weighted by Gasteiger charge is 2.44. The first kappa shape index (κ1) is 23.1. The lowest BCUT2D eigenvalue weighted by Crippen LogP contribution is -2.49. The summed E-state index contributed by atoms with van der Waals surface area (Å²) in [5.74, 6) is 0.0406. The Kier molecular flexibility index (Phi) is 7.61. The van der Waals surface area contributed by atoms with Crippen molar-refractivity contribution < 1.29 is 31.8 Å². The van der Waals surface area contributed by atoms with Crippen molar-refractivity contribution in [2.24, 2.45) is 0 Å². The predicted octanol–water partition coefficient (Wildman–Crippen LogP) is 5.50. The third kappa shape index (κ3) is 7.29. The van der Waals surface area contributed by atoms with Crippen LogP contribution in [0.5, 0.6) is 5.75 Å². The molecule has 10 heteroatoms. The molecule has 168 valence electrons. The van der Waals surface area contributed by atoms with Gasteiger partial charge in [0.2, 0.25) is 6.10 Å². The van der Waals surface area contributed by atoms with Crippen LogP contribution in [0.1, 0.15) is 12.8 Å². The maximum absolute atomic E-state index is 13.5. The molecule has 1 amide bonds. The Labute approximate surface area is 181 Å². The summed E-state index contributed by atoms with van der Waals surface area (Å²) in [4.78, 5) is 13.5. The van der Waals surface area contributed by atoms with Gasteiger partial charge in [-0.3, -0.25) is 10.2 Å². The lowest BCUT2D eigenvalue weighted by Gasteiger charge is -2.35. The van der Waals surface area contributed by atoms with Gasteiger partial charge in [0, 0.05) is 23.8 Å². The number of carbonyl (C=O) groups excluding carboxylic acids is 1. The van der Waals surface area contributed by atoms with Crippen LogP contribution in [0, 0.1) is 5.82 Å². The van der Waals surface area contributed by atoms with Crippen LogP contribution in [0.4, 0.5) is 28.0 Å². The number of nitrogens with zero attached hydrogens (tertiary/aromatic N) is 1. The number of nitrogens with one attached hydrogen (secondary N) is 1. The number of alkyl halides is 3. The molecule has 2 atom stereocenters. The highest BCUT2D eigenvalue weighted by atomic mass is 35.5. The molecule has 2 aromatic rings. The Hall–Kier alpha value is -2.52. The van der Waals surface area contributed by atoms with Gasteiger partial charge in [-0.15, -0.1) is 0 Å². The van der Waals surface area contributed by atoms with Crippen molar-refractivity contribution in [2.75, 3.05) is 25.0 Å². The smallest absolute Gasteiger partial charge is 0.426 e. The lowest BCUT2D eigenvalue weighted by atomic mass is 10.1. The minimum absolute atomic E-state index is 0.228. The fraction of sp³-hybridized carbons (Fsp3) is 0.381. The first-order valence-corrected chi connectivity index (χ1v) is 10.0. The van der Waals surface area contributed by atoms with Gasteiger partial charge >= 0.3 is 12.3 Å². The molecule has 0 aliphatic carbocycles. The SMILES string of the molecule is O=C(Nc1ccc(Cl)cc1)O[C@@H](CN1CCCC(Oc2ccc(F)cc2)C1)C(F)(F)F. The molecule has 31 heavy (non-hydrogen) atoms. The highest BCUT2D eigenvalue weighted by molar-refractivity contribution is 6.30. The molecule has 5 nitrogen and oxygen atoms in total. The molecule has 0 radical (unpaired) electrons. The van der Waals surface area contributed by atoms with Gasteiger partial charge in [0.25, 0.3) is 0 Å².